The lowest BCUT2D eigenvalue weighted by atomic mass is 9.85. The highest BCUT2D eigenvalue weighted by Gasteiger charge is 2.33. The van der Waals surface area contributed by atoms with Crippen LogP contribution in [-0.4, -0.2) is 5.60 Å². The molecular formula is C17H28O2. The van der Waals surface area contributed by atoms with Crippen LogP contribution in [0.2, 0.25) is 0 Å². The molecule has 0 amide bonds. The second-order valence-electron chi connectivity index (χ2n) is 5.82. The molecule has 0 heterocycles. The zero-order chi connectivity index (χ0) is 14.5. The van der Waals surface area contributed by atoms with Crippen LogP contribution in [0.1, 0.15) is 65.9 Å². The molecule has 0 aliphatic carbocycles. The number of hydrogen-bond donors (Lipinski definition) is 0. The van der Waals surface area contributed by atoms with Crippen molar-refractivity contribution < 1.29 is 9.78 Å². The molecule has 0 atom stereocenters. The molecule has 0 saturated carbocycles. The van der Waals surface area contributed by atoms with E-state index in [9.17, 15) is 0 Å². The molecule has 1 aromatic carbocycles. The Labute approximate surface area is 118 Å². The van der Waals surface area contributed by atoms with Crippen LogP contribution in [-0.2, 0) is 4.89 Å². The van der Waals surface area contributed by atoms with E-state index in [0.29, 0.717) is 11.8 Å². The van der Waals surface area contributed by atoms with E-state index in [4.69, 9.17) is 9.78 Å². The third-order valence-corrected chi connectivity index (χ3v) is 4.10. The van der Waals surface area contributed by atoms with Crippen LogP contribution in [0.5, 0.6) is 5.75 Å². The second-order valence-corrected chi connectivity index (χ2v) is 5.82. The van der Waals surface area contributed by atoms with Gasteiger partial charge in [-0.1, -0.05) is 53.7 Å². The summed E-state index contributed by atoms with van der Waals surface area (Å²) in [6, 6.07) is 8.15. The molecule has 0 aromatic heterocycles. The van der Waals surface area contributed by atoms with Gasteiger partial charge in [-0.3, -0.25) is 0 Å². The molecule has 0 radical (unpaired) electrons. The topological polar surface area (TPSA) is 18.5 Å². The molecule has 108 valence electrons. The Morgan fingerprint density at radius 2 is 1.47 bits per heavy atom. The first-order valence-corrected chi connectivity index (χ1v) is 7.40. The fourth-order valence-electron chi connectivity index (χ4n) is 2.32. The Kier molecular flexibility index (Phi) is 5.86. The summed E-state index contributed by atoms with van der Waals surface area (Å²) < 4.78 is 0. The van der Waals surface area contributed by atoms with E-state index < -0.39 is 0 Å². The molecule has 19 heavy (non-hydrogen) atoms. The highest BCUT2D eigenvalue weighted by molar-refractivity contribution is 5.28. The number of rotatable bonds is 7. The summed E-state index contributed by atoms with van der Waals surface area (Å²) in [5.41, 5.74) is 1.12. The Balaban J connectivity index is 2.69. The van der Waals surface area contributed by atoms with Gasteiger partial charge in [0, 0.05) is 0 Å². The zero-order valence-electron chi connectivity index (χ0n) is 13.2. The molecule has 0 fully saturated rings. The molecule has 0 aliphatic heterocycles. The van der Waals surface area contributed by atoms with Gasteiger partial charge in [-0.05, 0) is 42.4 Å². The molecule has 0 aliphatic rings. The summed E-state index contributed by atoms with van der Waals surface area (Å²) in [5.74, 6) is 1.74. The van der Waals surface area contributed by atoms with Gasteiger partial charge >= 0.3 is 0 Å². The van der Waals surface area contributed by atoms with Crippen LogP contribution >= 0.6 is 0 Å². The van der Waals surface area contributed by atoms with Crippen LogP contribution in [0.3, 0.4) is 0 Å². The third-order valence-electron chi connectivity index (χ3n) is 4.10. The highest BCUT2D eigenvalue weighted by atomic mass is 17.2. The standard InChI is InChI=1S/C17H28O2/c1-7-17(8-2,14(5)6)19-18-16-11-9-15(10-12-16)13(3)4/h9-14H,7-8H2,1-6H3. The van der Waals surface area contributed by atoms with Gasteiger partial charge in [0.1, 0.15) is 5.60 Å². The SMILES string of the molecule is CCC(CC)(OOc1ccc(C(C)C)cc1)C(C)C. The zero-order valence-corrected chi connectivity index (χ0v) is 13.2. The van der Waals surface area contributed by atoms with E-state index in [1.807, 2.05) is 12.1 Å². The molecule has 1 rings (SSSR count). The summed E-state index contributed by atoms with van der Waals surface area (Å²) in [4.78, 5) is 11.3. The molecule has 2 nitrogen and oxygen atoms in total. The van der Waals surface area contributed by atoms with Crippen molar-refractivity contribution >= 4 is 0 Å². The smallest absolute Gasteiger partial charge is 0.165 e. The normalized spacial score (nSPS) is 12.2. The maximum Gasteiger partial charge on any atom is 0.165 e. The summed E-state index contributed by atoms with van der Waals surface area (Å²) in [7, 11) is 0. The molecule has 0 N–H and O–H groups in total. The molecule has 1 aromatic rings. The summed E-state index contributed by atoms with van der Waals surface area (Å²) in [6.07, 6.45) is 1.90. The van der Waals surface area contributed by atoms with Gasteiger partial charge in [0.2, 0.25) is 0 Å². The fraction of sp³-hybridized carbons (Fsp3) is 0.647. The van der Waals surface area contributed by atoms with E-state index in [0.717, 1.165) is 18.6 Å². The van der Waals surface area contributed by atoms with Gasteiger partial charge in [-0.25, -0.2) is 0 Å². The Bertz CT molecular complexity index is 361. The van der Waals surface area contributed by atoms with Gasteiger partial charge in [0.25, 0.3) is 0 Å². The highest BCUT2D eigenvalue weighted by Crippen LogP contribution is 2.30. The first-order valence-electron chi connectivity index (χ1n) is 7.40. The fourth-order valence-corrected chi connectivity index (χ4v) is 2.32. The summed E-state index contributed by atoms with van der Waals surface area (Å²) in [6.45, 7) is 13.0. The summed E-state index contributed by atoms with van der Waals surface area (Å²) in [5, 5.41) is 0. The first kappa shape index (κ1) is 16.0. The predicted octanol–water partition coefficient (Wildman–Crippen LogP) is 5.34. The van der Waals surface area contributed by atoms with Crippen molar-refractivity contribution in [3.05, 3.63) is 29.8 Å². The lowest BCUT2D eigenvalue weighted by molar-refractivity contribution is -0.307. The van der Waals surface area contributed by atoms with E-state index >= 15 is 0 Å². The minimum absolute atomic E-state index is 0.198. The van der Waals surface area contributed by atoms with Gasteiger partial charge in [0.15, 0.2) is 5.75 Å². The maximum atomic E-state index is 5.78. The number of hydrogen-bond acceptors (Lipinski definition) is 2. The largest absolute Gasteiger partial charge is 0.337 e. The van der Waals surface area contributed by atoms with Crippen molar-refractivity contribution in [2.24, 2.45) is 5.92 Å². The number of benzene rings is 1. The average molecular weight is 264 g/mol. The van der Waals surface area contributed by atoms with Crippen LogP contribution < -0.4 is 4.89 Å². The average Bonchev–Trinajstić information content (AvgIpc) is 2.40. The van der Waals surface area contributed by atoms with Crippen LogP contribution in [0.15, 0.2) is 24.3 Å². The van der Waals surface area contributed by atoms with Gasteiger partial charge in [-0.15, -0.1) is 0 Å². The van der Waals surface area contributed by atoms with Crippen LogP contribution in [0.25, 0.3) is 0 Å². The molecule has 0 bridgehead atoms. The predicted molar refractivity (Wildman–Crippen MR) is 80.4 cm³/mol. The first-order chi connectivity index (χ1) is 8.95. The second kappa shape index (κ2) is 6.95. The maximum absolute atomic E-state index is 5.78. The molecule has 0 spiro atoms. The van der Waals surface area contributed by atoms with Crippen molar-refractivity contribution in [3.8, 4) is 5.75 Å². The van der Waals surface area contributed by atoms with Crippen molar-refractivity contribution in [3.63, 3.8) is 0 Å². The van der Waals surface area contributed by atoms with Gasteiger partial charge in [-0.2, -0.15) is 4.89 Å². The van der Waals surface area contributed by atoms with E-state index in [1.54, 1.807) is 0 Å². The minimum Gasteiger partial charge on any atom is -0.337 e. The van der Waals surface area contributed by atoms with Crippen molar-refractivity contribution in [2.45, 2.75) is 65.9 Å². The van der Waals surface area contributed by atoms with Crippen molar-refractivity contribution in [1.29, 1.82) is 0 Å². The van der Waals surface area contributed by atoms with Crippen LogP contribution in [0, 0.1) is 5.92 Å². The lowest BCUT2D eigenvalue weighted by Crippen LogP contribution is -2.38. The summed E-state index contributed by atoms with van der Waals surface area (Å²) >= 11 is 0. The van der Waals surface area contributed by atoms with E-state index in [2.05, 4.69) is 53.7 Å². The van der Waals surface area contributed by atoms with Gasteiger partial charge < -0.3 is 4.89 Å². The molecule has 2 heteroatoms. The van der Waals surface area contributed by atoms with Crippen LogP contribution in [0.4, 0.5) is 0 Å². The van der Waals surface area contributed by atoms with Crippen molar-refractivity contribution in [2.75, 3.05) is 0 Å². The molecule has 0 unspecified atom stereocenters. The van der Waals surface area contributed by atoms with Gasteiger partial charge in [0.05, 0.1) is 0 Å². The Morgan fingerprint density at radius 3 is 1.84 bits per heavy atom. The molecule has 0 saturated heterocycles. The Hall–Kier alpha value is -1.02. The third kappa shape index (κ3) is 3.97. The quantitative estimate of drug-likeness (QED) is 0.489. The van der Waals surface area contributed by atoms with E-state index in [-0.39, 0.29) is 5.60 Å². The minimum atomic E-state index is -0.198. The van der Waals surface area contributed by atoms with E-state index in [1.165, 1.54) is 5.56 Å². The lowest BCUT2D eigenvalue weighted by Gasteiger charge is -2.33. The Morgan fingerprint density at radius 1 is 0.947 bits per heavy atom. The molecular weight excluding hydrogens is 236 g/mol. The van der Waals surface area contributed by atoms with Crippen molar-refractivity contribution in [1.82, 2.24) is 0 Å². The monoisotopic (exact) mass is 264 g/mol.